The van der Waals surface area contributed by atoms with Gasteiger partial charge in [0.1, 0.15) is 18.1 Å². The van der Waals surface area contributed by atoms with Crippen LogP contribution in [0.3, 0.4) is 0 Å². The summed E-state index contributed by atoms with van der Waals surface area (Å²) >= 11 is 1.33. The fourth-order valence-electron chi connectivity index (χ4n) is 3.21. The summed E-state index contributed by atoms with van der Waals surface area (Å²) in [6, 6.07) is 15.0. The van der Waals surface area contributed by atoms with Gasteiger partial charge in [-0.3, -0.25) is 14.3 Å². The first kappa shape index (κ1) is 22.2. The van der Waals surface area contributed by atoms with Crippen molar-refractivity contribution >= 4 is 34.5 Å². The van der Waals surface area contributed by atoms with Crippen molar-refractivity contribution in [1.82, 2.24) is 9.78 Å². The van der Waals surface area contributed by atoms with Crippen LogP contribution < -0.4 is 15.4 Å². The van der Waals surface area contributed by atoms with E-state index < -0.39 is 0 Å². The molecule has 0 unspecified atom stereocenters. The lowest BCUT2D eigenvalue weighted by atomic mass is 10.1. The molecule has 0 spiro atoms. The third kappa shape index (κ3) is 5.45. The molecule has 7 nitrogen and oxygen atoms in total. The van der Waals surface area contributed by atoms with Crippen LogP contribution in [0.2, 0.25) is 0 Å². The summed E-state index contributed by atoms with van der Waals surface area (Å²) in [5, 5.41) is 9.72. The Morgan fingerprint density at radius 2 is 1.79 bits per heavy atom. The molecular formula is C24H21FN4O3S. The van der Waals surface area contributed by atoms with Crippen molar-refractivity contribution in [1.29, 1.82) is 0 Å². The maximum absolute atomic E-state index is 13.2. The standard InChI is InChI=1S/C24H21FN4O3S/c1-15-11-21(33-23(15)16-3-5-17(25)6-4-16)24(31)28-19-12-26-29(13-19)14-22(30)27-18-7-9-20(32-2)10-8-18/h3-13H,14H2,1-2H3,(H,27,30)(H,28,31). The number of hydrogen-bond donors (Lipinski definition) is 2. The highest BCUT2D eigenvalue weighted by atomic mass is 32.1. The summed E-state index contributed by atoms with van der Waals surface area (Å²) < 4.78 is 19.7. The molecule has 2 amide bonds. The van der Waals surface area contributed by atoms with E-state index in [0.29, 0.717) is 22.0 Å². The van der Waals surface area contributed by atoms with Crippen LogP contribution in [0.15, 0.2) is 67.0 Å². The summed E-state index contributed by atoms with van der Waals surface area (Å²) in [5.41, 5.74) is 2.91. The fraction of sp³-hybridized carbons (Fsp3) is 0.125. The molecule has 168 valence electrons. The molecule has 2 aromatic heterocycles. The average molecular weight is 465 g/mol. The molecule has 0 aliphatic carbocycles. The third-order valence-electron chi connectivity index (χ3n) is 4.82. The maximum Gasteiger partial charge on any atom is 0.265 e. The number of thiophene rings is 1. The molecule has 0 fully saturated rings. The lowest BCUT2D eigenvalue weighted by Crippen LogP contribution is -2.19. The number of ether oxygens (including phenoxy) is 1. The van der Waals surface area contributed by atoms with Crippen molar-refractivity contribution in [3.63, 3.8) is 0 Å². The van der Waals surface area contributed by atoms with Crippen LogP contribution in [0.25, 0.3) is 10.4 Å². The van der Waals surface area contributed by atoms with E-state index in [9.17, 15) is 14.0 Å². The largest absolute Gasteiger partial charge is 0.497 e. The monoisotopic (exact) mass is 464 g/mol. The quantitative estimate of drug-likeness (QED) is 0.405. The molecule has 9 heteroatoms. The van der Waals surface area contributed by atoms with Crippen LogP contribution in [0, 0.1) is 12.7 Å². The first-order valence-corrected chi connectivity index (χ1v) is 10.9. The minimum Gasteiger partial charge on any atom is -0.497 e. The SMILES string of the molecule is COc1ccc(NC(=O)Cn2cc(NC(=O)c3cc(C)c(-c4ccc(F)cc4)s3)cn2)cc1. The van der Waals surface area contributed by atoms with Crippen LogP contribution in [0.1, 0.15) is 15.2 Å². The average Bonchev–Trinajstić information content (AvgIpc) is 3.41. The third-order valence-corrected chi connectivity index (χ3v) is 6.10. The van der Waals surface area contributed by atoms with Gasteiger partial charge < -0.3 is 15.4 Å². The molecule has 2 aromatic carbocycles. The van der Waals surface area contributed by atoms with E-state index in [2.05, 4.69) is 15.7 Å². The molecule has 0 aliphatic heterocycles. The molecule has 0 atom stereocenters. The zero-order valence-electron chi connectivity index (χ0n) is 18.0. The topological polar surface area (TPSA) is 85.2 Å². The van der Waals surface area contributed by atoms with Crippen molar-refractivity contribution in [2.24, 2.45) is 0 Å². The van der Waals surface area contributed by atoms with Gasteiger partial charge >= 0.3 is 0 Å². The van der Waals surface area contributed by atoms with Gasteiger partial charge in [0.05, 0.1) is 23.9 Å². The van der Waals surface area contributed by atoms with Gasteiger partial charge in [-0.25, -0.2) is 4.39 Å². The molecular weight excluding hydrogens is 443 g/mol. The molecule has 0 saturated heterocycles. The molecule has 0 bridgehead atoms. The number of aromatic nitrogens is 2. The van der Waals surface area contributed by atoms with Crippen LogP contribution in [-0.2, 0) is 11.3 Å². The zero-order valence-corrected chi connectivity index (χ0v) is 18.8. The van der Waals surface area contributed by atoms with Gasteiger partial charge in [0, 0.05) is 16.8 Å². The number of amides is 2. The molecule has 0 radical (unpaired) electrons. The van der Waals surface area contributed by atoms with Gasteiger partial charge in [-0.2, -0.15) is 5.10 Å². The Labute approximate surface area is 193 Å². The highest BCUT2D eigenvalue weighted by Crippen LogP contribution is 2.32. The van der Waals surface area contributed by atoms with Crippen molar-refractivity contribution in [2.45, 2.75) is 13.5 Å². The van der Waals surface area contributed by atoms with Crippen LogP contribution >= 0.6 is 11.3 Å². The summed E-state index contributed by atoms with van der Waals surface area (Å²) in [6.07, 6.45) is 3.08. The second-order valence-electron chi connectivity index (χ2n) is 7.29. The van der Waals surface area contributed by atoms with Gasteiger partial charge in [0.2, 0.25) is 5.91 Å². The summed E-state index contributed by atoms with van der Waals surface area (Å²) in [7, 11) is 1.58. The number of methoxy groups -OCH3 is 1. The highest BCUT2D eigenvalue weighted by Gasteiger charge is 2.15. The highest BCUT2D eigenvalue weighted by molar-refractivity contribution is 7.17. The maximum atomic E-state index is 13.2. The number of benzene rings is 2. The number of carbonyl (C=O) groups excluding carboxylic acids is 2. The Balaban J connectivity index is 1.37. The zero-order chi connectivity index (χ0) is 23.4. The number of halogens is 1. The lowest BCUT2D eigenvalue weighted by molar-refractivity contribution is -0.116. The van der Waals surface area contributed by atoms with E-state index in [4.69, 9.17) is 4.74 Å². The second-order valence-corrected chi connectivity index (χ2v) is 8.34. The minimum atomic E-state index is -0.305. The van der Waals surface area contributed by atoms with Gasteiger partial charge in [-0.15, -0.1) is 11.3 Å². The number of anilines is 2. The van der Waals surface area contributed by atoms with E-state index in [0.717, 1.165) is 16.0 Å². The number of nitrogens with zero attached hydrogens (tertiary/aromatic N) is 2. The summed E-state index contributed by atoms with van der Waals surface area (Å²) in [6.45, 7) is 1.90. The van der Waals surface area contributed by atoms with Crippen molar-refractivity contribution in [3.8, 4) is 16.2 Å². The number of hydrogen-bond acceptors (Lipinski definition) is 5. The summed E-state index contributed by atoms with van der Waals surface area (Å²) in [5.74, 6) is -0.135. The number of carbonyl (C=O) groups is 2. The Morgan fingerprint density at radius 1 is 1.06 bits per heavy atom. The molecule has 4 aromatic rings. The number of rotatable bonds is 7. The van der Waals surface area contributed by atoms with Crippen LogP contribution in [-0.4, -0.2) is 28.7 Å². The molecule has 2 heterocycles. The van der Waals surface area contributed by atoms with E-state index in [1.165, 1.54) is 34.3 Å². The Morgan fingerprint density at radius 3 is 2.48 bits per heavy atom. The predicted octanol–water partition coefficient (Wildman–Crippen LogP) is 4.96. The molecule has 0 aliphatic rings. The van der Waals surface area contributed by atoms with Crippen LogP contribution in [0.4, 0.5) is 15.8 Å². The molecule has 2 N–H and O–H groups in total. The van der Waals surface area contributed by atoms with Gasteiger partial charge in [0.25, 0.3) is 5.91 Å². The Kier molecular flexibility index (Phi) is 6.50. The Hall–Kier alpha value is -3.98. The number of nitrogens with one attached hydrogen (secondary N) is 2. The van der Waals surface area contributed by atoms with E-state index in [-0.39, 0.29) is 24.2 Å². The van der Waals surface area contributed by atoms with Crippen molar-refractivity contribution < 1.29 is 18.7 Å². The second kappa shape index (κ2) is 9.66. The fourth-order valence-corrected chi connectivity index (χ4v) is 4.28. The normalized spacial score (nSPS) is 10.6. The van der Waals surface area contributed by atoms with Crippen molar-refractivity contribution in [3.05, 3.63) is 83.2 Å². The van der Waals surface area contributed by atoms with E-state index in [1.807, 2.05) is 6.92 Å². The smallest absolute Gasteiger partial charge is 0.265 e. The van der Waals surface area contributed by atoms with Gasteiger partial charge in [-0.05, 0) is 60.5 Å². The Bertz CT molecular complexity index is 1280. The molecule has 0 saturated carbocycles. The summed E-state index contributed by atoms with van der Waals surface area (Å²) in [4.78, 5) is 26.4. The lowest BCUT2D eigenvalue weighted by Gasteiger charge is -2.06. The van der Waals surface area contributed by atoms with Gasteiger partial charge in [0.15, 0.2) is 0 Å². The number of aryl methyl sites for hydroxylation is 1. The van der Waals surface area contributed by atoms with Crippen LogP contribution in [0.5, 0.6) is 5.75 Å². The molecule has 4 rings (SSSR count). The van der Waals surface area contributed by atoms with Crippen molar-refractivity contribution in [2.75, 3.05) is 17.7 Å². The van der Waals surface area contributed by atoms with E-state index >= 15 is 0 Å². The molecule has 33 heavy (non-hydrogen) atoms. The predicted molar refractivity (Wildman–Crippen MR) is 126 cm³/mol. The first-order valence-electron chi connectivity index (χ1n) is 10.1. The first-order chi connectivity index (χ1) is 15.9. The van der Waals surface area contributed by atoms with E-state index in [1.54, 1.807) is 55.8 Å². The minimum absolute atomic E-state index is 0.00523. The van der Waals surface area contributed by atoms with Gasteiger partial charge in [-0.1, -0.05) is 12.1 Å².